The first-order valence-corrected chi connectivity index (χ1v) is 13.0. The topological polar surface area (TPSA) is 87.1 Å². The van der Waals surface area contributed by atoms with Gasteiger partial charge < -0.3 is 19.6 Å². The summed E-state index contributed by atoms with van der Waals surface area (Å²) >= 11 is 12.3. The number of benzene rings is 3. The van der Waals surface area contributed by atoms with Gasteiger partial charge in [-0.15, -0.1) is 0 Å². The van der Waals surface area contributed by atoms with Crippen molar-refractivity contribution in [2.75, 3.05) is 19.7 Å². The molecule has 38 heavy (non-hydrogen) atoms. The number of aliphatic carboxylic acids is 1. The van der Waals surface area contributed by atoms with Gasteiger partial charge in [0.05, 0.1) is 12.5 Å². The van der Waals surface area contributed by atoms with Gasteiger partial charge in [-0.05, 0) is 47.4 Å². The molecule has 4 rings (SSSR count). The summed E-state index contributed by atoms with van der Waals surface area (Å²) < 4.78 is 5.89. The maximum absolute atomic E-state index is 14.0. The molecule has 2 amide bonds. The second-order valence-electron chi connectivity index (χ2n) is 9.09. The van der Waals surface area contributed by atoms with E-state index in [-0.39, 0.29) is 44.5 Å². The minimum Gasteiger partial charge on any atom is -0.481 e. The van der Waals surface area contributed by atoms with Crippen LogP contribution in [-0.2, 0) is 32.1 Å². The number of carboxylic acid groups (broad SMARTS) is 1. The van der Waals surface area contributed by atoms with Gasteiger partial charge in [-0.25, -0.2) is 0 Å². The van der Waals surface area contributed by atoms with E-state index in [0.29, 0.717) is 16.5 Å². The Balaban J connectivity index is 1.64. The third-order valence-corrected chi connectivity index (χ3v) is 6.89. The molecule has 1 saturated heterocycles. The smallest absolute Gasteiger partial charge is 0.305 e. The Morgan fingerprint density at radius 3 is 2.24 bits per heavy atom. The van der Waals surface area contributed by atoms with Gasteiger partial charge in [0.2, 0.25) is 5.91 Å². The van der Waals surface area contributed by atoms with Gasteiger partial charge in [0, 0.05) is 29.7 Å². The Morgan fingerprint density at radius 1 is 0.921 bits per heavy atom. The number of carboxylic acids is 1. The van der Waals surface area contributed by atoms with Gasteiger partial charge in [0.15, 0.2) is 6.10 Å². The molecule has 7 nitrogen and oxygen atoms in total. The summed E-state index contributed by atoms with van der Waals surface area (Å²) in [7, 11) is 0. The molecular formula is C29H28Cl2N2O5. The Kier molecular flexibility index (Phi) is 9.39. The van der Waals surface area contributed by atoms with E-state index >= 15 is 0 Å². The summed E-state index contributed by atoms with van der Waals surface area (Å²) in [5.74, 6) is -1.63. The fourth-order valence-corrected chi connectivity index (χ4v) is 5.01. The molecule has 3 aromatic rings. The highest BCUT2D eigenvalue weighted by Crippen LogP contribution is 2.33. The Morgan fingerprint density at radius 2 is 1.58 bits per heavy atom. The van der Waals surface area contributed by atoms with E-state index in [1.54, 1.807) is 23.1 Å². The van der Waals surface area contributed by atoms with Crippen molar-refractivity contribution >= 4 is 41.0 Å². The number of rotatable bonds is 10. The van der Waals surface area contributed by atoms with Gasteiger partial charge in [-0.3, -0.25) is 14.4 Å². The quantitative estimate of drug-likeness (QED) is 0.380. The van der Waals surface area contributed by atoms with Crippen LogP contribution in [-0.4, -0.2) is 58.5 Å². The second kappa shape index (κ2) is 12.9. The fourth-order valence-electron chi connectivity index (χ4n) is 4.58. The minimum atomic E-state index is -1.01. The highest BCUT2D eigenvalue weighted by molar-refractivity contribution is 6.30. The summed E-state index contributed by atoms with van der Waals surface area (Å²) in [6.07, 6.45) is -0.739. The van der Waals surface area contributed by atoms with Crippen LogP contribution < -0.4 is 0 Å². The number of hydrogen-bond donors (Lipinski definition) is 1. The first-order valence-electron chi connectivity index (χ1n) is 12.3. The fraction of sp³-hybridized carbons (Fsp3) is 0.276. The lowest BCUT2D eigenvalue weighted by molar-refractivity contribution is -0.170. The molecule has 0 radical (unpaired) electrons. The van der Waals surface area contributed by atoms with Crippen molar-refractivity contribution in [3.05, 3.63) is 106 Å². The minimum absolute atomic E-state index is 0.0122. The third-order valence-electron chi connectivity index (χ3n) is 6.42. The summed E-state index contributed by atoms with van der Waals surface area (Å²) in [4.78, 5) is 41.6. The SMILES string of the molecule is O=C(O)CCN(CCc1cccc(Cl)c1)C(=O)[C@@H]1OCC(=O)N(Cc2cccc(Cl)c2)[C@@H]1c1ccccc1. The van der Waals surface area contributed by atoms with Gasteiger partial charge in [-0.1, -0.05) is 77.8 Å². The molecule has 0 bridgehead atoms. The third kappa shape index (κ3) is 7.13. The molecule has 0 spiro atoms. The molecule has 198 valence electrons. The lowest BCUT2D eigenvalue weighted by Gasteiger charge is -2.42. The second-order valence-corrected chi connectivity index (χ2v) is 9.96. The van der Waals surface area contributed by atoms with Crippen LogP contribution in [0.15, 0.2) is 78.9 Å². The number of hydrogen-bond acceptors (Lipinski definition) is 4. The lowest BCUT2D eigenvalue weighted by Crippen LogP contribution is -2.55. The van der Waals surface area contributed by atoms with Crippen LogP contribution in [0, 0.1) is 0 Å². The van der Waals surface area contributed by atoms with Crippen LogP contribution in [0.4, 0.5) is 0 Å². The van der Waals surface area contributed by atoms with Gasteiger partial charge >= 0.3 is 5.97 Å². The molecule has 2 atom stereocenters. The zero-order valence-corrected chi connectivity index (χ0v) is 22.1. The predicted molar refractivity (Wildman–Crippen MR) is 145 cm³/mol. The van der Waals surface area contributed by atoms with E-state index < -0.39 is 18.1 Å². The first-order chi connectivity index (χ1) is 18.3. The number of carbonyl (C=O) groups is 3. The van der Waals surface area contributed by atoms with Crippen molar-refractivity contribution in [3.8, 4) is 0 Å². The van der Waals surface area contributed by atoms with Crippen LogP contribution >= 0.6 is 23.2 Å². The molecule has 1 aliphatic rings. The first kappa shape index (κ1) is 27.6. The number of halogens is 2. The van der Waals surface area contributed by atoms with Crippen LogP contribution in [0.3, 0.4) is 0 Å². The highest BCUT2D eigenvalue weighted by atomic mass is 35.5. The Labute approximate surface area is 231 Å². The summed E-state index contributed by atoms with van der Waals surface area (Å²) in [6.45, 7) is 0.263. The summed E-state index contributed by atoms with van der Waals surface area (Å²) in [5, 5.41) is 10.5. The van der Waals surface area contributed by atoms with Crippen LogP contribution in [0.2, 0.25) is 10.0 Å². The molecule has 3 aromatic carbocycles. The van der Waals surface area contributed by atoms with Crippen LogP contribution in [0.25, 0.3) is 0 Å². The van der Waals surface area contributed by atoms with E-state index in [1.807, 2.05) is 60.7 Å². The van der Waals surface area contributed by atoms with Crippen molar-refractivity contribution < 1.29 is 24.2 Å². The molecular weight excluding hydrogens is 527 g/mol. The van der Waals surface area contributed by atoms with Gasteiger partial charge in [0.25, 0.3) is 5.91 Å². The van der Waals surface area contributed by atoms with E-state index in [1.165, 1.54) is 4.90 Å². The average Bonchev–Trinajstić information content (AvgIpc) is 2.90. The maximum atomic E-state index is 14.0. The zero-order valence-electron chi connectivity index (χ0n) is 20.6. The molecule has 0 aliphatic carbocycles. The molecule has 9 heteroatoms. The molecule has 1 N–H and O–H groups in total. The standard InChI is InChI=1S/C29H28Cl2N2O5/c30-23-10-4-6-20(16-23)12-14-32(15-13-26(35)36)29(37)28-27(22-8-2-1-3-9-22)33(25(34)19-38-28)18-21-7-5-11-24(31)17-21/h1-11,16-17,27-28H,12-15,18-19H2,(H,35,36)/t27-,28-/m1/s1. The number of carbonyl (C=O) groups excluding carboxylic acids is 2. The predicted octanol–water partition coefficient (Wildman–Crippen LogP) is 5.01. The Bertz CT molecular complexity index is 1290. The summed E-state index contributed by atoms with van der Waals surface area (Å²) in [6, 6.07) is 23.1. The van der Waals surface area contributed by atoms with E-state index in [0.717, 1.165) is 16.7 Å². The van der Waals surface area contributed by atoms with Crippen LogP contribution in [0.5, 0.6) is 0 Å². The average molecular weight is 555 g/mol. The molecule has 0 aromatic heterocycles. The lowest BCUT2D eigenvalue weighted by atomic mass is 9.95. The van der Waals surface area contributed by atoms with Crippen molar-refractivity contribution in [2.24, 2.45) is 0 Å². The largest absolute Gasteiger partial charge is 0.481 e. The monoisotopic (exact) mass is 554 g/mol. The van der Waals surface area contributed by atoms with Gasteiger partial charge in [-0.2, -0.15) is 0 Å². The highest BCUT2D eigenvalue weighted by Gasteiger charge is 2.43. The van der Waals surface area contributed by atoms with E-state index in [4.69, 9.17) is 27.9 Å². The molecule has 0 unspecified atom stereocenters. The van der Waals surface area contributed by atoms with Gasteiger partial charge in [0.1, 0.15) is 6.61 Å². The van der Waals surface area contributed by atoms with Crippen molar-refractivity contribution in [1.82, 2.24) is 9.80 Å². The molecule has 1 fully saturated rings. The number of ether oxygens (including phenoxy) is 1. The molecule has 0 saturated carbocycles. The zero-order chi connectivity index (χ0) is 27.1. The molecule has 1 aliphatic heterocycles. The maximum Gasteiger partial charge on any atom is 0.305 e. The normalized spacial score (nSPS) is 17.3. The summed E-state index contributed by atoms with van der Waals surface area (Å²) in [5.41, 5.74) is 2.49. The number of morpholine rings is 1. The number of nitrogens with zero attached hydrogens (tertiary/aromatic N) is 2. The van der Waals surface area contributed by atoms with E-state index in [9.17, 15) is 19.5 Å². The number of amides is 2. The van der Waals surface area contributed by atoms with Crippen molar-refractivity contribution in [2.45, 2.75) is 31.5 Å². The van der Waals surface area contributed by atoms with Crippen LogP contribution in [0.1, 0.15) is 29.2 Å². The Hall–Kier alpha value is -3.39. The molecule has 1 heterocycles. The van der Waals surface area contributed by atoms with E-state index in [2.05, 4.69) is 0 Å². The van der Waals surface area contributed by atoms with Crippen molar-refractivity contribution in [3.63, 3.8) is 0 Å². The van der Waals surface area contributed by atoms with Crippen molar-refractivity contribution in [1.29, 1.82) is 0 Å².